The van der Waals surface area contributed by atoms with E-state index in [1.165, 1.54) is 24.4 Å². The maximum Gasteiger partial charge on any atom is 0.314 e. The van der Waals surface area contributed by atoms with Crippen molar-refractivity contribution in [1.29, 1.82) is 0 Å². The van der Waals surface area contributed by atoms with Gasteiger partial charge >= 0.3 is 5.97 Å². The summed E-state index contributed by atoms with van der Waals surface area (Å²) >= 11 is 4.04. The Morgan fingerprint density at radius 1 is 1.40 bits per heavy atom. The summed E-state index contributed by atoms with van der Waals surface area (Å²) in [4.78, 5) is 11.9. The molecule has 0 saturated carbocycles. The van der Waals surface area contributed by atoms with E-state index in [-0.39, 0.29) is 11.9 Å². The van der Waals surface area contributed by atoms with Crippen LogP contribution in [0.15, 0.2) is 30.3 Å². The Balaban J connectivity index is 1.86. The van der Waals surface area contributed by atoms with Gasteiger partial charge in [-0.3, -0.25) is 4.79 Å². The van der Waals surface area contributed by atoms with Crippen molar-refractivity contribution >= 4 is 29.5 Å². The minimum absolute atomic E-state index is 0.172. The standard InChI is InChI=1S/C15H21NO2S2/c1-18-15(17)14(12-5-3-2-4-6-12)10-16-9-13-11-19-7-8-20-13/h2-6,13-14,16H,7-11H2,1H3. The van der Waals surface area contributed by atoms with Crippen molar-refractivity contribution in [3.8, 4) is 0 Å². The molecule has 2 atom stereocenters. The Morgan fingerprint density at radius 2 is 2.20 bits per heavy atom. The van der Waals surface area contributed by atoms with Gasteiger partial charge in [0, 0.05) is 35.6 Å². The SMILES string of the molecule is COC(=O)C(CNCC1CSCCS1)c1ccccc1. The van der Waals surface area contributed by atoms with E-state index in [4.69, 9.17) is 4.74 Å². The highest BCUT2D eigenvalue weighted by Crippen LogP contribution is 2.23. The summed E-state index contributed by atoms with van der Waals surface area (Å²) in [7, 11) is 1.45. The molecule has 0 amide bonds. The van der Waals surface area contributed by atoms with Crippen molar-refractivity contribution in [3.63, 3.8) is 0 Å². The molecule has 1 aromatic carbocycles. The zero-order valence-corrected chi connectivity index (χ0v) is 13.3. The molecular weight excluding hydrogens is 290 g/mol. The fraction of sp³-hybridized carbons (Fsp3) is 0.533. The third kappa shape index (κ3) is 4.72. The first-order chi connectivity index (χ1) is 9.81. The molecule has 1 N–H and O–H groups in total. The molecular formula is C15H21NO2S2. The summed E-state index contributed by atoms with van der Waals surface area (Å²) in [5, 5.41) is 4.09. The highest BCUT2D eigenvalue weighted by molar-refractivity contribution is 8.06. The van der Waals surface area contributed by atoms with Crippen LogP contribution in [0.3, 0.4) is 0 Å². The minimum Gasteiger partial charge on any atom is -0.469 e. The van der Waals surface area contributed by atoms with Gasteiger partial charge in [0.2, 0.25) is 0 Å². The van der Waals surface area contributed by atoms with Crippen LogP contribution in [-0.4, -0.2) is 48.7 Å². The molecule has 0 aromatic heterocycles. The number of hydrogen-bond acceptors (Lipinski definition) is 5. The second-order valence-corrected chi connectivity index (χ2v) is 7.27. The molecule has 0 radical (unpaired) electrons. The first-order valence-corrected chi connectivity index (χ1v) is 9.04. The van der Waals surface area contributed by atoms with Gasteiger partial charge in [-0.25, -0.2) is 0 Å². The van der Waals surface area contributed by atoms with Gasteiger partial charge in [0.15, 0.2) is 0 Å². The lowest BCUT2D eigenvalue weighted by Crippen LogP contribution is -2.34. The fourth-order valence-electron chi connectivity index (χ4n) is 2.21. The van der Waals surface area contributed by atoms with Crippen molar-refractivity contribution in [2.75, 3.05) is 37.5 Å². The van der Waals surface area contributed by atoms with Crippen LogP contribution < -0.4 is 5.32 Å². The topological polar surface area (TPSA) is 38.3 Å². The van der Waals surface area contributed by atoms with Crippen LogP contribution in [0.25, 0.3) is 0 Å². The van der Waals surface area contributed by atoms with Crippen LogP contribution in [0.1, 0.15) is 11.5 Å². The Kier molecular flexibility index (Phi) is 6.76. The van der Waals surface area contributed by atoms with E-state index in [1.807, 2.05) is 53.9 Å². The van der Waals surface area contributed by atoms with E-state index in [0.29, 0.717) is 11.8 Å². The molecule has 1 aromatic rings. The van der Waals surface area contributed by atoms with Crippen molar-refractivity contribution in [2.45, 2.75) is 11.2 Å². The van der Waals surface area contributed by atoms with Gasteiger partial charge in [0.05, 0.1) is 13.0 Å². The zero-order chi connectivity index (χ0) is 14.2. The molecule has 0 bridgehead atoms. The Morgan fingerprint density at radius 3 is 2.85 bits per heavy atom. The highest BCUT2D eigenvalue weighted by atomic mass is 32.2. The summed E-state index contributed by atoms with van der Waals surface area (Å²) in [6, 6.07) is 9.84. The minimum atomic E-state index is -0.220. The van der Waals surface area contributed by atoms with E-state index in [0.717, 1.165) is 12.1 Å². The molecule has 5 heteroatoms. The quantitative estimate of drug-likeness (QED) is 0.817. The first-order valence-electron chi connectivity index (χ1n) is 6.84. The summed E-state index contributed by atoms with van der Waals surface area (Å²) in [5.41, 5.74) is 1.01. The van der Waals surface area contributed by atoms with Crippen LogP contribution in [0.4, 0.5) is 0 Å². The number of carbonyl (C=O) groups is 1. The second kappa shape index (κ2) is 8.60. The normalized spacial score (nSPS) is 20.4. The van der Waals surface area contributed by atoms with Gasteiger partial charge in [0.25, 0.3) is 0 Å². The maximum atomic E-state index is 11.9. The van der Waals surface area contributed by atoms with Gasteiger partial charge in [-0.1, -0.05) is 30.3 Å². The number of esters is 1. The molecule has 0 spiro atoms. The summed E-state index contributed by atoms with van der Waals surface area (Å²) in [6.07, 6.45) is 0. The molecule has 1 saturated heterocycles. The molecule has 1 fully saturated rings. The number of rotatable bonds is 6. The number of nitrogens with one attached hydrogen (secondary N) is 1. The third-order valence-electron chi connectivity index (χ3n) is 3.29. The number of carbonyl (C=O) groups excluding carboxylic acids is 1. The highest BCUT2D eigenvalue weighted by Gasteiger charge is 2.22. The van der Waals surface area contributed by atoms with Crippen LogP contribution in [0.5, 0.6) is 0 Å². The van der Waals surface area contributed by atoms with E-state index in [1.54, 1.807) is 0 Å². The van der Waals surface area contributed by atoms with Crippen molar-refractivity contribution < 1.29 is 9.53 Å². The maximum absolute atomic E-state index is 11.9. The van der Waals surface area contributed by atoms with Gasteiger partial charge in [-0.2, -0.15) is 23.5 Å². The van der Waals surface area contributed by atoms with E-state index in [9.17, 15) is 4.79 Å². The van der Waals surface area contributed by atoms with Gasteiger partial charge in [-0.05, 0) is 5.56 Å². The summed E-state index contributed by atoms with van der Waals surface area (Å²) < 4.78 is 4.92. The van der Waals surface area contributed by atoms with Crippen LogP contribution in [0.2, 0.25) is 0 Å². The fourth-order valence-corrected chi connectivity index (χ4v) is 4.85. The summed E-state index contributed by atoms with van der Waals surface area (Å²) in [5.74, 6) is 3.30. The first kappa shape index (κ1) is 15.7. The molecule has 3 nitrogen and oxygen atoms in total. The van der Waals surface area contributed by atoms with E-state index < -0.39 is 0 Å². The Hall–Kier alpha value is -0.650. The Labute approximate surface area is 129 Å². The molecule has 1 aliphatic heterocycles. The van der Waals surface area contributed by atoms with Crippen LogP contribution in [0, 0.1) is 0 Å². The van der Waals surface area contributed by atoms with Crippen molar-refractivity contribution in [1.82, 2.24) is 5.32 Å². The Bertz CT molecular complexity index is 408. The number of thioether (sulfide) groups is 2. The third-order valence-corrected chi connectivity index (χ3v) is 6.14. The molecule has 1 heterocycles. The lowest BCUT2D eigenvalue weighted by atomic mass is 9.99. The molecule has 2 unspecified atom stereocenters. The molecule has 0 aliphatic carbocycles. The molecule has 1 aliphatic rings. The van der Waals surface area contributed by atoms with Crippen molar-refractivity contribution in [3.05, 3.63) is 35.9 Å². The molecule has 110 valence electrons. The number of methoxy groups -OCH3 is 1. The number of ether oxygens (including phenoxy) is 1. The van der Waals surface area contributed by atoms with E-state index in [2.05, 4.69) is 5.32 Å². The smallest absolute Gasteiger partial charge is 0.314 e. The predicted molar refractivity (Wildman–Crippen MR) is 87.6 cm³/mol. The lowest BCUT2D eigenvalue weighted by Gasteiger charge is -2.22. The number of hydrogen-bond donors (Lipinski definition) is 1. The van der Waals surface area contributed by atoms with Crippen molar-refractivity contribution in [2.24, 2.45) is 0 Å². The van der Waals surface area contributed by atoms with E-state index >= 15 is 0 Å². The van der Waals surface area contributed by atoms with Crippen LogP contribution >= 0.6 is 23.5 Å². The molecule has 2 rings (SSSR count). The monoisotopic (exact) mass is 311 g/mol. The predicted octanol–water partition coefficient (Wildman–Crippen LogP) is 2.38. The average Bonchev–Trinajstić information content (AvgIpc) is 2.53. The van der Waals surface area contributed by atoms with Gasteiger partial charge in [-0.15, -0.1) is 0 Å². The summed E-state index contributed by atoms with van der Waals surface area (Å²) in [6.45, 7) is 1.59. The largest absolute Gasteiger partial charge is 0.469 e. The lowest BCUT2D eigenvalue weighted by molar-refractivity contribution is -0.142. The second-order valence-electron chi connectivity index (χ2n) is 4.71. The zero-order valence-electron chi connectivity index (χ0n) is 11.7. The number of benzene rings is 1. The van der Waals surface area contributed by atoms with Gasteiger partial charge in [0.1, 0.15) is 0 Å². The average molecular weight is 311 g/mol. The van der Waals surface area contributed by atoms with Gasteiger partial charge < -0.3 is 10.1 Å². The molecule has 20 heavy (non-hydrogen) atoms. The van der Waals surface area contributed by atoms with Crippen LogP contribution in [-0.2, 0) is 9.53 Å².